The first-order valence-corrected chi connectivity index (χ1v) is 8.17. The van der Waals surface area contributed by atoms with Crippen LogP contribution in [-0.2, 0) is 0 Å². The average Bonchev–Trinajstić information content (AvgIpc) is 2.45. The van der Waals surface area contributed by atoms with Gasteiger partial charge in [0.15, 0.2) is 0 Å². The van der Waals surface area contributed by atoms with Gasteiger partial charge in [0.1, 0.15) is 11.6 Å². The maximum absolute atomic E-state index is 14.4. The van der Waals surface area contributed by atoms with Crippen molar-refractivity contribution in [3.05, 3.63) is 67.6 Å². The predicted molar refractivity (Wildman–Crippen MR) is 88.5 cm³/mol. The lowest BCUT2D eigenvalue weighted by Gasteiger charge is -2.21. The van der Waals surface area contributed by atoms with Crippen molar-refractivity contribution in [1.29, 1.82) is 0 Å². The molecule has 2 aromatic carbocycles. The number of hydrogen-bond acceptors (Lipinski definition) is 1. The quantitative estimate of drug-likeness (QED) is 0.646. The summed E-state index contributed by atoms with van der Waals surface area (Å²) < 4.78 is 29.7. The Balaban J connectivity index is 2.58. The Bertz CT molecular complexity index is 659. The predicted octanol–water partition coefficient (Wildman–Crippen LogP) is 5.50. The molecule has 1 atom stereocenters. The lowest BCUT2D eigenvalue weighted by atomic mass is 9.96. The molecule has 0 aromatic heterocycles. The molecule has 112 valence electrons. The smallest absolute Gasteiger partial charge is 0.145 e. The molecular formula is C16H15Br2F2N. The summed E-state index contributed by atoms with van der Waals surface area (Å²) in [7, 11) is 0. The van der Waals surface area contributed by atoms with Crippen LogP contribution in [0.25, 0.3) is 0 Å². The van der Waals surface area contributed by atoms with Crippen LogP contribution in [0.15, 0.2) is 39.3 Å². The molecule has 0 radical (unpaired) electrons. The standard InChI is InChI=1S/C16H15Br2F2N/c1-3-21-16(10-5-4-9(2)12(18)8-10)14-13(19)7-6-11(17)15(14)20/h4-8,16,21H,3H2,1-2H3. The van der Waals surface area contributed by atoms with E-state index in [0.717, 1.165) is 15.6 Å². The van der Waals surface area contributed by atoms with Gasteiger partial charge >= 0.3 is 0 Å². The van der Waals surface area contributed by atoms with Crippen molar-refractivity contribution in [2.45, 2.75) is 19.9 Å². The SMILES string of the molecule is CCNC(c1ccc(C)c(Br)c1)c1c(F)ccc(Br)c1F. The van der Waals surface area contributed by atoms with Crippen molar-refractivity contribution < 1.29 is 8.78 Å². The lowest BCUT2D eigenvalue weighted by molar-refractivity contribution is 0.507. The van der Waals surface area contributed by atoms with Gasteiger partial charge in [-0.05, 0) is 58.7 Å². The first-order chi connectivity index (χ1) is 9.95. The van der Waals surface area contributed by atoms with Gasteiger partial charge in [-0.3, -0.25) is 0 Å². The highest BCUT2D eigenvalue weighted by Gasteiger charge is 2.23. The first-order valence-electron chi connectivity index (χ1n) is 6.58. The van der Waals surface area contributed by atoms with Gasteiger partial charge in [0.05, 0.1) is 10.5 Å². The fraction of sp³-hybridized carbons (Fsp3) is 0.250. The van der Waals surface area contributed by atoms with Gasteiger partial charge in [0.25, 0.3) is 0 Å². The molecule has 0 aliphatic heterocycles. The largest absolute Gasteiger partial charge is 0.306 e. The number of rotatable bonds is 4. The molecule has 1 N–H and O–H groups in total. The van der Waals surface area contributed by atoms with E-state index in [1.54, 1.807) is 0 Å². The van der Waals surface area contributed by atoms with Crippen molar-refractivity contribution in [2.24, 2.45) is 0 Å². The zero-order chi connectivity index (χ0) is 15.6. The van der Waals surface area contributed by atoms with E-state index in [9.17, 15) is 8.78 Å². The molecule has 1 unspecified atom stereocenters. The molecule has 0 bridgehead atoms. The van der Waals surface area contributed by atoms with Crippen molar-refractivity contribution in [3.8, 4) is 0 Å². The highest BCUT2D eigenvalue weighted by Crippen LogP contribution is 2.32. The van der Waals surface area contributed by atoms with Gasteiger partial charge in [0, 0.05) is 10.0 Å². The topological polar surface area (TPSA) is 12.0 Å². The van der Waals surface area contributed by atoms with Crippen molar-refractivity contribution >= 4 is 31.9 Å². The average molecular weight is 419 g/mol. The first kappa shape index (κ1) is 16.6. The van der Waals surface area contributed by atoms with Gasteiger partial charge in [-0.1, -0.05) is 35.0 Å². The van der Waals surface area contributed by atoms with Crippen LogP contribution in [0, 0.1) is 18.6 Å². The summed E-state index contributed by atoms with van der Waals surface area (Å²) >= 11 is 6.58. The molecule has 0 aliphatic carbocycles. The van der Waals surface area contributed by atoms with Gasteiger partial charge in [0.2, 0.25) is 0 Å². The molecule has 2 aromatic rings. The van der Waals surface area contributed by atoms with Crippen LogP contribution >= 0.6 is 31.9 Å². The molecule has 0 spiro atoms. The van der Waals surface area contributed by atoms with E-state index in [0.29, 0.717) is 6.54 Å². The minimum Gasteiger partial charge on any atom is -0.306 e. The molecule has 2 rings (SSSR count). The van der Waals surface area contributed by atoms with Gasteiger partial charge in [-0.2, -0.15) is 0 Å². The van der Waals surface area contributed by atoms with E-state index >= 15 is 0 Å². The van der Waals surface area contributed by atoms with E-state index in [4.69, 9.17) is 0 Å². The summed E-state index contributed by atoms with van der Waals surface area (Å²) in [6, 6.07) is 7.82. The van der Waals surface area contributed by atoms with Crippen LogP contribution in [0.2, 0.25) is 0 Å². The molecule has 21 heavy (non-hydrogen) atoms. The minimum absolute atomic E-state index is 0.0296. The molecule has 0 saturated carbocycles. The van der Waals surface area contributed by atoms with Crippen LogP contribution in [-0.4, -0.2) is 6.54 Å². The Kier molecular flexibility index (Phi) is 5.52. The number of nitrogens with one attached hydrogen (secondary N) is 1. The Morgan fingerprint density at radius 1 is 1.10 bits per heavy atom. The zero-order valence-corrected chi connectivity index (χ0v) is 14.9. The number of aryl methyl sites for hydroxylation is 1. The third-order valence-electron chi connectivity index (χ3n) is 3.31. The number of halogens is 4. The van der Waals surface area contributed by atoms with E-state index in [1.165, 1.54) is 12.1 Å². The molecule has 0 saturated heterocycles. The Hall–Kier alpha value is -0.780. The normalized spacial score (nSPS) is 12.5. The molecule has 0 amide bonds. The van der Waals surface area contributed by atoms with Crippen molar-refractivity contribution in [1.82, 2.24) is 5.32 Å². The maximum atomic E-state index is 14.4. The van der Waals surface area contributed by atoms with E-state index in [2.05, 4.69) is 37.2 Å². The maximum Gasteiger partial charge on any atom is 0.145 e. The molecule has 1 nitrogen and oxygen atoms in total. The Morgan fingerprint density at radius 3 is 2.43 bits per heavy atom. The van der Waals surface area contributed by atoms with Crippen LogP contribution in [0.4, 0.5) is 8.78 Å². The monoisotopic (exact) mass is 417 g/mol. The summed E-state index contributed by atoms with van der Waals surface area (Å²) in [4.78, 5) is 0. The Labute approximate surface area is 140 Å². The molecule has 0 heterocycles. The van der Waals surface area contributed by atoms with Gasteiger partial charge < -0.3 is 5.32 Å². The fourth-order valence-corrected chi connectivity index (χ4v) is 2.93. The molecule has 5 heteroatoms. The summed E-state index contributed by atoms with van der Waals surface area (Å²) in [5, 5.41) is 3.15. The van der Waals surface area contributed by atoms with Gasteiger partial charge in [-0.25, -0.2) is 8.78 Å². The van der Waals surface area contributed by atoms with Crippen molar-refractivity contribution in [3.63, 3.8) is 0 Å². The highest BCUT2D eigenvalue weighted by atomic mass is 79.9. The Morgan fingerprint density at radius 2 is 1.81 bits per heavy atom. The third-order valence-corrected chi connectivity index (χ3v) is 4.77. The van der Waals surface area contributed by atoms with Crippen LogP contribution in [0.5, 0.6) is 0 Å². The third kappa shape index (κ3) is 3.52. The lowest BCUT2D eigenvalue weighted by Crippen LogP contribution is -2.24. The fourth-order valence-electron chi connectivity index (χ4n) is 2.19. The van der Waals surface area contributed by atoms with E-state index < -0.39 is 17.7 Å². The second-order valence-corrected chi connectivity index (χ2v) is 6.46. The second-order valence-electron chi connectivity index (χ2n) is 4.76. The van der Waals surface area contributed by atoms with E-state index in [1.807, 2.05) is 32.0 Å². The summed E-state index contributed by atoms with van der Waals surface area (Å²) in [5.74, 6) is -1.13. The van der Waals surface area contributed by atoms with E-state index in [-0.39, 0.29) is 10.0 Å². The van der Waals surface area contributed by atoms with Crippen LogP contribution < -0.4 is 5.32 Å². The summed E-state index contributed by atoms with van der Waals surface area (Å²) in [5.41, 5.74) is 1.91. The minimum atomic E-state index is -0.572. The highest BCUT2D eigenvalue weighted by molar-refractivity contribution is 9.10. The molecule has 0 aliphatic rings. The summed E-state index contributed by atoms with van der Waals surface area (Å²) in [6.45, 7) is 4.47. The second kappa shape index (κ2) is 6.99. The summed E-state index contributed by atoms with van der Waals surface area (Å²) in [6.07, 6.45) is 0. The molecule has 0 fully saturated rings. The number of hydrogen-bond donors (Lipinski definition) is 1. The number of benzene rings is 2. The van der Waals surface area contributed by atoms with Gasteiger partial charge in [-0.15, -0.1) is 0 Å². The van der Waals surface area contributed by atoms with Crippen LogP contribution in [0.1, 0.15) is 29.7 Å². The van der Waals surface area contributed by atoms with Crippen LogP contribution in [0.3, 0.4) is 0 Å². The van der Waals surface area contributed by atoms with Crippen molar-refractivity contribution in [2.75, 3.05) is 6.54 Å². The molecular weight excluding hydrogens is 404 g/mol. The zero-order valence-electron chi connectivity index (χ0n) is 11.7.